The summed E-state index contributed by atoms with van der Waals surface area (Å²) in [6.45, 7) is 1.05. The molecule has 0 saturated carbocycles. The summed E-state index contributed by atoms with van der Waals surface area (Å²) in [5, 5.41) is 4.47. The quantitative estimate of drug-likeness (QED) is 0.582. The van der Waals surface area contributed by atoms with Gasteiger partial charge in [0.15, 0.2) is 0 Å². The van der Waals surface area contributed by atoms with Crippen molar-refractivity contribution in [1.82, 2.24) is 15.3 Å². The van der Waals surface area contributed by atoms with Crippen LogP contribution in [0.1, 0.15) is 22.5 Å². The maximum atomic E-state index is 12.4. The fraction of sp³-hybridized carbons (Fsp3) is 0.235. The molecule has 26 heavy (non-hydrogen) atoms. The topological polar surface area (TPSA) is 90.1 Å². The fourth-order valence-electron chi connectivity index (χ4n) is 2.77. The molecule has 0 spiro atoms. The number of anilines is 1. The molecule has 1 aliphatic rings. The van der Waals surface area contributed by atoms with Crippen LogP contribution >= 0.6 is 34.5 Å². The second kappa shape index (κ2) is 6.90. The van der Waals surface area contributed by atoms with Gasteiger partial charge >= 0.3 is 0 Å². The van der Waals surface area contributed by atoms with Crippen LogP contribution in [-0.4, -0.2) is 29.0 Å². The number of nitrogen functional groups attached to an aromatic ring is 1. The summed E-state index contributed by atoms with van der Waals surface area (Å²) in [4.78, 5) is 22.2. The first-order valence-corrected chi connectivity index (χ1v) is 9.57. The van der Waals surface area contributed by atoms with Crippen LogP contribution in [0.2, 0.25) is 10.0 Å². The van der Waals surface area contributed by atoms with E-state index in [4.69, 9.17) is 33.7 Å². The normalized spacial score (nSPS) is 14.8. The fourth-order valence-corrected chi connectivity index (χ4v) is 4.26. The molecule has 1 amide bonds. The van der Waals surface area contributed by atoms with Gasteiger partial charge in [0.1, 0.15) is 10.6 Å². The first-order valence-electron chi connectivity index (χ1n) is 8.00. The molecule has 1 aromatic carbocycles. The minimum atomic E-state index is -0.140. The molecule has 3 aromatic rings. The number of hydrogen-bond donors (Lipinski definition) is 2. The molecule has 3 heterocycles. The number of nitrogens with one attached hydrogen (secondary N) is 1. The van der Waals surface area contributed by atoms with E-state index in [0.717, 1.165) is 12.8 Å². The zero-order chi connectivity index (χ0) is 18.3. The number of halogens is 2. The summed E-state index contributed by atoms with van der Waals surface area (Å²) in [6, 6.07) is 5.15. The molecule has 4 bridgehead atoms. The van der Waals surface area contributed by atoms with Gasteiger partial charge in [0.05, 0.1) is 27.2 Å². The average Bonchev–Trinajstić information content (AvgIpc) is 3.02. The van der Waals surface area contributed by atoms with Crippen LogP contribution in [0.4, 0.5) is 5.95 Å². The summed E-state index contributed by atoms with van der Waals surface area (Å²) >= 11 is 13.9. The molecule has 6 nitrogen and oxygen atoms in total. The maximum absolute atomic E-state index is 12.4. The van der Waals surface area contributed by atoms with E-state index in [1.54, 1.807) is 18.2 Å². The second-order valence-electron chi connectivity index (χ2n) is 5.83. The highest BCUT2D eigenvalue weighted by Crippen LogP contribution is 2.40. The third-order valence-corrected chi connectivity index (χ3v) is 5.66. The van der Waals surface area contributed by atoms with Gasteiger partial charge in [-0.25, -0.2) is 9.97 Å². The van der Waals surface area contributed by atoms with Crippen LogP contribution in [0, 0.1) is 0 Å². The Bertz CT molecular complexity index is 1020. The predicted octanol–water partition coefficient (Wildman–Crippen LogP) is 4.15. The third kappa shape index (κ3) is 3.18. The molecule has 0 fully saturated rings. The SMILES string of the molecule is Nc1nc2c3cc(sc3n1)C(=O)NCCCCOc1cc-2c(Cl)cc1Cl. The summed E-state index contributed by atoms with van der Waals surface area (Å²) in [7, 11) is 0. The first kappa shape index (κ1) is 17.3. The average molecular weight is 409 g/mol. The number of aromatic nitrogens is 2. The largest absolute Gasteiger partial charge is 0.492 e. The van der Waals surface area contributed by atoms with Crippen molar-refractivity contribution in [2.24, 2.45) is 0 Å². The molecule has 0 saturated heterocycles. The van der Waals surface area contributed by atoms with Gasteiger partial charge in [-0.15, -0.1) is 11.3 Å². The van der Waals surface area contributed by atoms with Gasteiger partial charge < -0.3 is 15.8 Å². The Morgan fingerprint density at radius 3 is 2.85 bits per heavy atom. The molecule has 4 rings (SSSR count). The van der Waals surface area contributed by atoms with Crippen LogP contribution < -0.4 is 15.8 Å². The van der Waals surface area contributed by atoms with E-state index in [1.807, 2.05) is 0 Å². The van der Waals surface area contributed by atoms with Gasteiger partial charge in [0.25, 0.3) is 5.91 Å². The highest BCUT2D eigenvalue weighted by Gasteiger charge is 2.19. The van der Waals surface area contributed by atoms with Crippen LogP contribution in [-0.2, 0) is 0 Å². The lowest BCUT2D eigenvalue weighted by atomic mass is 10.1. The first-order chi connectivity index (χ1) is 12.5. The Morgan fingerprint density at radius 1 is 1.15 bits per heavy atom. The Hall–Kier alpha value is -2.09. The maximum Gasteiger partial charge on any atom is 0.261 e. The summed E-state index contributed by atoms with van der Waals surface area (Å²) < 4.78 is 5.79. The molecule has 0 atom stereocenters. The predicted molar refractivity (Wildman–Crippen MR) is 104 cm³/mol. The smallest absolute Gasteiger partial charge is 0.261 e. The number of carbonyl (C=O) groups is 1. The van der Waals surface area contributed by atoms with E-state index in [0.29, 0.717) is 55.3 Å². The second-order valence-corrected chi connectivity index (χ2v) is 7.68. The minimum Gasteiger partial charge on any atom is -0.492 e. The summed E-state index contributed by atoms with van der Waals surface area (Å²) in [6.07, 6.45) is 1.58. The molecule has 0 unspecified atom stereocenters. The Balaban J connectivity index is 1.98. The summed E-state index contributed by atoms with van der Waals surface area (Å²) in [5.74, 6) is 0.505. The number of nitrogens with zero attached hydrogens (tertiary/aromatic N) is 2. The van der Waals surface area contributed by atoms with Crippen molar-refractivity contribution in [3.05, 3.63) is 33.1 Å². The molecular weight excluding hydrogens is 395 g/mol. The van der Waals surface area contributed by atoms with Crippen molar-refractivity contribution in [2.45, 2.75) is 12.8 Å². The van der Waals surface area contributed by atoms with Crippen LogP contribution in [0.5, 0.6) is 5.75 Å². The van der Waals surface area contributed by atoms with Crippen LogP contribution in [0.15, 0.2) is 18.2 Å². The number of benzene rings is 1. The monoisotopic (exact) mass is 408 g/mol. The van der Waals surface area contributed by atoms with Gasteiger partial charge in [0.2, 0.25) is 5.95 Å². The van der Waals surface area contributed by atoms with Crippen molar-refractivity contribution < 1.29 is 9.53 Å². The van der Waals surface area contributed by atoms with Crippen molar-refractivity contribution >= 4 is 56.6 Å². The lowest BCUT2D eigenvalue weighted by molar-refractivity contribution is 0.0956. The lowest BCUT2D eigenvalue weighted by Crippen LogP contribution is -2.23. The van der Waals surface area contributed by atoms with Gasteiger partial charge in [-0.05, 0) is 31.0 Å². The molecule has 0 aliphatic carbocycles. The Morgan fingerprint density at radius 2 is 2.00 bits per heavy atom. The van der Waals surface area contributed by atoms with Gasteiger partial charge in [-0.2, -0.15) is 0 Å². The van der Waals surface area contributed by atoms with Gasteiger partial charge in [0, 0.05) is 17.5 Å². The number of hydrogen-bond acceptors (Lipinski definition) is 6. The Kier molecular flexibility index (Phi) is 4.60. The summed E-state index contributed by atoms with van der Waals surface area (Å²) in [5.41, 5.74) is 7.06. The molecule has 134 valence electrons. The number of thiophene rings is 1. The van der Waals surface area contributed by atoms with Crippen LogP contribution in [0.25, 0.3) is 21.5 Å². The van der Waals surface area contributed by atoms with Crippen molar-refractivity contribution in [2.75, 3.05) is 18.9 Å². The van der Waals surface area contributed by atoms with Gasteiger partial charge in [-0.1, -0.05) is 23.2 Å². The molecule has 3 N–H and O–H groups in total. The van der Waals surface area contributed by atoms with E-state index in [-0.39, 0.29) is 11.9 Å². The molecule has 2 aromatic heterocycles. The molecule has 1 aliphatic heterocycles. The van der Waals surface area contributed by atoms with Crippen molar-refractivity contribution in [1.29, 1.82) is 0 Å². The van der Waals surface area contributed by atoms with Gasteiger partial charge in [-0.3, -0.25) is 4.79 Å². The number of nitrogens with two attached hydrogens (primary N) is 1. The minimum absolute atomic E-state index is 0.110. The molecule has 9 heteroatoms. The van der Waals surface area contributed by atoms with E-state index in [2.05, 4.69) is 15.3 Å². The number of amides is 1. The van der Waals surface area contributed by atoms with Crippen molar-refractivity contribution in [3.8, 4) is 17.0 Å². The van der Waals surface area contributed by atoms with E-state index >= 15 is 0 Å². The van der Waals surface area contributed by atoms with Crippen molar-refractivity contribution in [3.63, 3.8) is 0 Å². The number of ether oxygens (including phenoxy) is 1. The lowest BCUT2D eigenvalue weighted by Gasteiger charge is -2.13. The number of rotatable bonds is 0. The molecule has 0 radical (unpaired) electrons. The number of fused-ring (bicyclic) bond motifs is 4. The highest BCUT2D eigenvalue weighted by molar-refractivity contribution is 7.20. The van der Waals surface area contributed by atoms with Crippen LogP contribution in [0.3, 0.4) is 0 Å². The number of carbonyl (C=O) groups excluding carboxylic acids is 1. The Labute approximate surface area is 163 Å². The van der Waals surface area contributed by atoms with E-state index < -0.39 is 0 Å². The zero-order valence-electron chi connectivity index (χ0n) is 13.5. The van der Waals surface area contributed by atoms with E-state index in [1.165, 1.54) is 11.3 Å². The third-order valence-electron chi connectivity index (χ3n) is 4.02. The molecular formula is C17H14Cl2N4O2S. The van der Waals surface area contributed by atoms with E-state index in [9.17, 15) is 4.79 Å². The zero-order valence-corrected chi connectivity index (χ0v) is 15.8. The standard InChI is InChI=1S/C17H14Cl2N4O2S/c18-10-7-11(19)12-5-8(10)14-9-6-13(26-16(9)23-17(20)22-14)15(24)21-3-1-2-4-25-12/h5-7H,1-4H2,(H,21,24)(H2,20,22,23). The highest BCUT2D eigenvalue weighted by atomic mass is 35.5.